The number of carboxylic acids is 1. The first-order valence-electron chi connectivity index (χ1n) is 1.55. The first-order valence-corrected chi connectivity index (χ1v) is 1.55. The second-order valence-corrected chi connectivity index (χ2v) is 1.01. The molecule has 0 heterocycles. The van der Waals surface area contributed by atoms with E-state index in [1.807, 2.05) is 0 Å². The average Bonchev–Trinajstić information content (AvgIpc) is 1.36. The van der Waals surface area contributed by atoms with Crippen LogP contribution in [0, 0.1) is 0 Å². The topological polar surface area (TPSA) is 57.5 Å². The molecule has 1 atom stereocenters. The van der Waals surface area contributed by atoms with Gasteiger partial charge in [-0.25, -0.2) is 4.79 Å². The molecule has 0 aromatic heterocycles. The largest absolute Gasteiger partial charge is 0.479 e. The molecule has 0 saturated carbocycles. The van der Waals surface area contributed by atoms with Crippen LogP contribution < -0.4 is 0 Å². The molecule has 3 nitrogen and oxygen atoms in total. The summed E-state index contributed by atoms with van der Waals surface area (Å²) in [5, 5.41) is 15.8. The number of carboxylic acid groups (broad SMARTS) is 1. The fourth-order valence-corrected chi connectivity index (χ4v) is 0. The summed E-state index contributed by atoms with van der Waals surface area (Å²) in [6, 6.07) is 0. The normalized spacial score (nSPS) is 11.7. The predicted molar refractivity (Wildman–Crippen MR) is 25.1 cm³/mol. The van der Waals surface area contributed by atoms with Crippen LogP contribution in [0.1, 0.15) is 6.92 Å². The third-order valence-electron chi connectivity index (χ3n) is 0.357. The van der Waals surface area contributed by atoms with E-state index in [1.165, 1.54) is 6.92 Å². The molecule has 0 rings (SSSR count). The van der Waals surface area contributed by atoms with E-state index in [1.54, 1.807) is 0 Å². The van der Waals surface area contributed by atoms with E-state index in [2.05, 4.69) is 0 Å². The van der Waals surface area contributed by atoms with Crippen molar-refractivity contribution in [3.8, 4) is 0 Å². The van der Waals surface area contributed by atoms with Gasteiger partial charge < -0.3 is 10.2 Å². The molecule has 0 aliphatic heterocycles. The van der Waals surface area contributed by atoms with Gasteiger partial charge in [0.05, 0.1) is 0 Å². The molecule has 3 radical (unpaired) electrons. The fraction of sp³-hybridized carbons (Fsp3) is 0.667. The smallest absolute Gasteiger partial charge is 0.332 e. The molecular weight excluding hydrogens is 293 g/mol. The molecule has 4 heteroatoms. The Morgan fingerprint density at radius 1 is 1.71 bits per heavy atom. The Balaban J connectivity index is 0. The van der Waals surface area contributed by atoms with Crippen molar-refractivity contribution in [1.82, 2.24) is 0 Å². The van der Waals surface area contributed by atoms with Gasteiger partial charge in [-0.2, -0.15) is 0 Å². The number of aliphatic hydroxyl groups is 1. The minimum absolute atomic E-state index is 0. The summed E-state index contributed by atoms with van der Waals surface area (Å²) >= 11 is 0. The molecule has 1 unspecified atom stereocenters. The number of aliphatic hydroxyl groups excluding tert-OH is 1. The van der Waals surface area contributed by atoms with E-state index in [0.29, 0.717) is 0 Å². The second-order valence-electron chi connectivity index (χ2n) is 1.01. The Kier molecular flexibility index (Phi) is 6.60. The molecular formula is C3H6BiO3. The standard InChI is InChI=1S/C3H6O3.Bi/c1-2(4)3(5)6;/h2,4H,1H3,(H,5,6);. The molecule has 0 bridgehead atoms. The van der Waals surface area contributed by atoms with Crippen molar-refractivity contribution in [2.24, 2.45) is 0 Å². The molecule has 0 amide bonds. The fourth-order valence-electron chi connectivity index (χ4n) is 0. The van der Waals surface area contributed by atoms with Crippen LogP contribution in [0.4, 0.5) is 0 Å². The Bertz CT molecular complexity index is 61.2. The molecule has 0 spiro atoms. The van der Waals surface area contributed by atoms with Crippen molar-refractivity contribution in [1.29, 1.82) is 0 Å². The van der Waals surface area contributed by atoms with E-state index in [4.69, 9.17) is 10.2 Å². The van der Waals surface area contributed by atoms with Gasteiger partial charge in [0, 0.05) is 26.2 Å². The number of aliphatic carboxylic acids is 1. The predicted octanol–water partition coefficient (Wildman–Crippen LogP) is -0.929. The van der Waals surface area contributed by atoms with Gasteiger partial charge in [0.1, 0.15) is 6.10 Å². The first-order chi connectivity index (χ1) is 2.64. The van der Waals surface area contributed by atoms with Gasteiger partial charge in [-0.05, 0) is 6.92 Å². The monoisotopic (exact) mass is 299 g/mol. The van der Waals surface area contributed by atoms with Crippen molar-refractivity contribution in [3.63, 3.8) is 0 Å². The summed E-state index contributed by atoms with van der Waals surface area (Å²) in [6.07, 6.45) is -1.23. The van der Waals surface area contributed by atoms with E-state index in [9.17, 15) is 4.79 Å². The van der Waals surface area contributed by atoms with Crippen LogP contribution in [0.2, 0.25) is 0 Å². The number of carbonyl (C=O) groups is 1. The minimum Gasteiger partial charge on any atom is -0.479 e. The number of hydrogen-bond acceptors (Lipinski definition) is 2. The summed E-state index contributed by atoms with van der Waals surface area (Å²) in [7, 11) is 0. The van der Waals surface area contributed by atoms with Crippen molar-refractivity contribution in [3.05, 3.63) is 0 Å². The zero-order valence-corrected chi connectivity index (χ0v) is 7.30. The van der Waals surface area contributed by atoms with Crippen LogP contribution in [0.3, 0.4) is 0 Å². The second kappa shape index (κ2) is 4.47. The molecule has 0 aromatic carbocycles. The summed E-state index contributed by atoms with van der Waals surface area (Å²) < 4.78 is 0. The van der Waals surface area contributed by atoms with E-state index in [-0.39, 0.29) is 26.2 Å². The van der Waals surface area contributed by atoms with E-state index >= 15 is 0 Å². The Hall–Kier alpha value is 0.313. The maximum absolute atomic E-state index is 9.45. The molecule has 2 N–H and O–H groups in total. The molecule has 0 aromatic rings. The molecule has 41 valence electrons. The van der Waals surface area contributed by atoms with Crippen molar-refractivity contribution >= 4 is 32.2 Å². The van der Waals surface area contributed by atoms with Crippen LogP contribution in [0.5, 0.6) is 0 Å². The van der Waals surface area contributed by atoms with Crippen molar-refractivity contribution < 1.29 is 15.0 Å². The summed E-state index contributed by atoms with van der Waals surface area (Å²) in [5.41, 5.74) is 0. The van der Waals surface area contributed by atoms with Crippen molar-refractivity contribution in [2.45, 2.75) is 13.0 Å². The van der Waals surface area contributed by atoms with Gasteiger partial charge in [0.2, 0.25) is 0 Å². The van der Waals surface area contributed by atoms with E-state index in [0.717, 1.165) is 0 Å². The van der Waals surface area contributed by atoms with Crippen LogP contribution in [0.15, 0.2) is 0 Å². The number of rotatable bonds is 1. The van der Waals surface area contributed by atoms with Crippen LogP contribution in [0.25, 0.3) is 0 Å². The van der Waals surface area contributed by atoms with Gasteiger partial charge in [-0.15, -0.1) is 0 Å². The van der Waals surface area contributed by atoms with Gasteiger partial charge in [-0.1, -0.05) is 0 Å². The Labute approximate surface area is 60.5 Å². The SMILES string of the molecule is CC(O)C(=O)O.[Bi]. The Morgan fingerprint density at radius 2 is 1.86 bits per heavy atom. The molecule has 0 saturated heterocycles. The van der Waals surface area contributed by atoms with Gasteiger partial charge in [0.25, 0.3) is 0 Å². The van der Waals surface area contributed by atoms with E-state index < -0.39 is 12.1 Å². The van der Waals surface area contributed by atoms with Crippen molar-refractivity contribution in [2.75, 3.05) is 0 Å². The summed E-state index contributed by atoms with van der Waals surface area (Å²) in [6.45, 7) is 1.20. The maximum Gasteiger partial charge on any atom is 0.332 e. The Morgan fingerprint density at radius 3 is 1.86 bits per heavy atom. The minimum atomic E-state index is -1.23. The quantitative estimate of drug-likeness (QED) is 0.615. The van der Waals surface area contributed by atoms with Gasteiger partial charge in [0.15, 0.2) is 0 Å². The van der Waals surface area contributed by atoms with Crippen LogP contribution >= 0.6 is 0 Å². The molecule has 0 aliphatic rings. The average molecular weight is 299 g/mol. The first kappa shape index (κ1) is 10.3. The maximum atomic E-state index is 9.45. The zero-order valence-electron chi connectivity index (χ0n) is 3.83. The van der Waals surface area contributed by atoms with Gasteiger partial charge >= 0.3 is 5.97 Å². The molecule has 7 heavy (non-hydrogen) atoms. The summed E-state index contributed by atoms with van der Waals surface area (Å²) in [4.78, 5) is 9.45. The summed E-state index contributed by atoms with van der Waals surface area (Å²) in [5.74, 6) is -1.19. The third-order valence-corrected chi connectivity index (χ3v) is 0.357. The van der Waals surface area contributed by atoms with Crippen LogP contribution in [-0.2, 0) is 4.79 Å². The molecule has 0 fully saturated rings. The van der Waals surface area contributed by atoms with Gasteiger partial charge in [-0.3, -0.25) is 0 Å². The third kappa shape index (κ3) is 6.31. The van der Waals surface area contributed by atoms with Crippen LogP contribution in [-0.4, -0.2) is 48.5 Å². The zero-order chi connectivity index (χ0) is 5.15. The number of hydrogen-bond donors (Lipinski definition) is 2. The molecule has 0 aliphatic carbocycles.